The summed E-state index contributed by atoms with van der Waals surface area (Å²) in [5, 5.41) is 22.5. The lowest BCUT2D eigenvalue weighted by atomic mass is 10.7. The molecular formula is C2H4O3. The molecule has 0 aliphatic heterocycles. The molecule has 0 amide bonds. The Kier molecular flexibility index (Phi) is 2.09. The lowest BCUT2D eigenvalue weighted by molar-refractivity contribution is -0.0427. The van der Waals surface area contributed by atoms with Crippen molar-refractivity contribution in [3.8, 4) is 0 Å². The van der Waals surface area contributed by atoms with Crippen molar-refractivity contribution >= 4 is 0 Å². The van der Waals surface area contributed by atoms with Crippen LogP contribution in [0.25, 0.3) is 0 Å². The highest BCUT2D eigenvalue weighted by atomic mass is 16.5. The first-order chi connectivity index (χ1) is 2.27. The summed E-state index contributed by atoms with van der Waals surface area (Å²) in [7, 11) is 0. The van der Waals surface area contributed by atoms with E-state index in [1.54, 1.807) is 0 Å². The second-order valence-electron chi connectivity index (χ2n) is 0.503. The summed E-state index contributed by atoms with van der Waals surface area (Å²) >= 11 is 0. The summed E-state index contributed by atoms with van der Waals surface area (Å²) in [4.78, 5) is 0. The van der Waals surface area contributed by atoms with Crippen LogP contribution in [0.15, 0.2) is 0 Å². The van der Waals surface area contributed by atoms with E-state index in [-0.39, 0.29) is 0 Å². The van der Waals surface area contributed by atoms with Crippen molar-refractivity contribution in [2.24, 2.45) is 0 Å². The van der Waals surface area contributed by atoms with Gasteiger partial charge in [-0.2, -0.15) is 0 Å². The molecule has 0 aromatic carbocycles. The van der Waals surface area contributed by atoms with Gasteiger partial charge in [0.1, 0.15) is 0 Å². The Morgan fingerprint density at radius 3 is 1.60 bits per heavy atom. The van der Waals surface area contributed by atoms with E-state index in [0.29, 0.717) is 0 Å². The third kappa shape index (κ3) is 3.88. The maximum atomic E-state index is 7.56. The van der Waals surface area contributed by atoms with Gasteiger partial charge in [-0.15, -0.1) is 0 Å². The molecule has 30 valence electrons. The van der Waals surface area contributed by atoms with Gasteiger partial charge in [-0.3, -0.25) is 0 Å². The third-order valence-electron chi connectivity index (χ3n) is 0.115. The topological polar surface area (TPSA) is 60.7 Å². The Hall–Kier alpha value is -0.120. The molecule has 0 atom stereocenters. The predicted octanol–water partition coefficient (Wildman–Crippen LogP) is -1.29. The molecule has 3 heteroatoms. The fraction of sp³-hybridized carbons (Fsp3) is 0.500. The molecule has 3 N–H and O–H groups in total. The van der Waals surface area contributed by atoms with Gasteiger partial charge >= 0.3 is 0 Å². The van der Waals surface area contributed by atoms with Gasteiger partial charge < -0.3 is 15.3 Å². The van der Waals surface area contributed by atoms with Crippen LogP contribution in [-0.2, 0) is 0 Å². The van der Waals surface area contributed by atoms with Crippen LogP contribution in [0.4, 0.5) is 0 Å². The van der Waals surface area contributed by atoms with Crippen LogP contribution in [0.5, 0.6) is 0 Å². The molecule has 0 aliphatic rings. The van der Waals surface area contributed by atoms with Gasteiger partial charge in [0, 0.05) is 0 Å². The second-order valence-corrected chi connectivity index (χ2v) is 0.503. The van der Waals surface area contributed by atoms with E-state index in [1.165, 1.54) is 0 Å². The van der Waals surface area contributed by atoms with Crippen LogP contribution in [0.1, 0.15) is 0 Å². The van der Waals surface area contributed by atoms with Crippen molar-refractivity contribution < 1.29 is 15.3 Å². The van der Waals surface area contributed by atoms with Crippen LogP contribution >= 0.6 is 0 Å². The van der Waals surface area contributed by atoms with Crippen LogP contribution in [0.3, 0.4) is 0 Å². The summed E-state index contributed by atoms with van der Waals surface area (Å²) in [6.45, 7) is 1.14. The molecule has 0 saturated carbocycles. The van der Waals surface area contributed by atoms with Gasteiger partial charge in [-0.1, -0.05) is 0 Å². The smallest absolute Gasteiger partial charge is 0.189 e. The standard InChI is InChI=1S/C2H4O3/c3-1-2(4)5/h2-5H. The van der Waals surface area contributed by atoms with Crippen LogP contribution in [-0.4, -0.2) is 21.6 Å². The van der Waals surface area contributed by atoms with Crippen LogP contribution in [0.2, 0.25) is 0 Å². The molecule has 0 heterocycles. The van der Waals surface area contributed by atoms with Gasteiger partial charge in [0.2, 0.25) is 0 Å². The summed E-state index contributed by atoms with van der Waals surface area (Å²) in [5.74, 6) is 0. The number of hydrogen-bond donors (Lipinski definition) is 3. The van der Waals surface area contributed by atoms with Crippen LogP contribution in [0, 0.1) is 6.61 Å². The number of aliphatic hydroxyl groups excluding tert-OH is 2. The Labute approximate surface area is 29.5 Å². The van der Waals surface area contributed by atoms with Crippen molar-refractivity contribution in [3.05, 3.63) is 6.61 Å². The van der Waals surface area contributed by atoms with Crippen molar-refractivity contribution in [1.29, 1.82) is 0 Å². The molecule has 0 saturated heterocycles. The Bertz CT molecular complexity index is 18.9. The molecule has 0 fully saturated rings. The van der Waals surface area contributed by atoms with E-state index < -0.39 is 6.29 Å². The van der Waals surface area contributed by atoms with Crippen molar-refractivity contribution in [2.45, 2.75) is 6.29 Å². The molecule has 0 aromatic rings. The first-order valence-corrected chi connectivity index (χ1v) is 1.03. The maximum absolute atomic E-state index is 7.56. The molecule has 0 aliphatic carbocycles. The third-order valence-corrected chi connectivity index (χ3v) is 0.115. The predicted molar refractivity (Wildman–Crippen MR) is 13.4 cm³/mol. The van der Waals surface area contributed by atoms with Crippen molar-refractivity contribution in [2.75, 3.05) is 0 Å². The summed E-state index contributed by atoms with van der Waals surface area (Å²) in [6.07, 6.45) is -1.81. The zero-order chi connectivity index (χ0) is 4.28. The van der Waals surface area contributed by atoms with Crippen molar-refractivity contribution in [3.63, 3.8) is 0 Å². The van der Waals surface area contributed by atoms with Gasteiger partial charge in [0.15, 0.2) is 12.9 Å². The zero-order valence-corrected chi connectivity index (χ0v) is 2.42. The van der Waals surface area contributed by atoms with Gasteiger partial charge in [0.05, 0.1) is 0 Å². The highest BCUT2D eigenvalue weighted by Gasteiger charge is 1.88. The number of rotatable bonds is 1. The number of hydrogen-bond acceptors (Lipinski definition) is 3. The van der Waals surface area contributed by atoms with Gasteiger partial charge in [0.25, 0.3) is 0 Å². The molecule has 0 aromatic heterocycles. The van der Waals surface area contributed by atoms with Gasteiger partial charge in [-0.25, -0.2) is 0 Å². The average molecular weight is 76.1 g/mol. The Balaban J connectivity index is 2.54. The quantitative estimate of drug-likeness (QED) is 0.340. The maximum Gasteiger partial charge on any atom is 0.189 e. The SMILES string of the molecule is O[C]C(O)O. The Morgan fingerprint density at radius 1 is 1.40 bits per heavy atom. The highest BCUT2D eigenvalue weighted by Crippen LogP contribution is 1.70. The van der Waals surface area contributed by atoms with E-state index in [4.69, 9.17) is 15.3 Å². The molecule has 0 spiro atoms. The van der Waals surface area contributed by atoms with Crippen LogP contribution < -0.4 is 0 Å². The normalized spacial score (nSPS) is 9.60. The molecule has 2 radical (unpaired) electrons. The molecule has 3 nitrogen and oxygen atoms in total. The monoisotopic (exact) mass is 76.0 g/mol. The highest BCUT2D eigenvalue weighted by molar-refractivity contribution is 4.41. The molecular weight excluding hydrogens is 72.0 g/mol. The van der Waals surface area contributed by atoms with E-state index in [2.05, 4.69) is 0 Å². The minimum Gasteiger partial charge on any atom is -0.378 e. The fourth-order valence-electron chi connectivity index (χ4n) is 0. The molecule has 0 bridgehead atoms. The van der Waals surface area contributed by atoms with E-state index in [9.17, 15) is 0 Å². The largest absolute Gasteiger partial charge is 0.378 e. The second kappa shape index (κ2) is 2.14. The summed E-state index contributed by atoms with van der Waals surface area (Å²) in [6, 6.07) is 0. The van der Waals surface area contributed by atoms with E-state index >= 15 is 0 Å². The van der Waals surface area contributed by atoms with E-state index in [1.807, 2.05) is 0 Å². The van der Waals surface area contributed by atoms with Gasteiger partial charge in [-0.05, 0) is 0 Å². The zero-order valence-electron chi connectivity index (χ0n) is 2.42. The molecule has 0 unspecified atom stereocenters. The lowest BCUT2D eigenvalue weighted by Gasteiger charge is -1.87. The minimum absolute atomic E-state index is 1.14. The molecule has 5 heavy (non-hydrogen) atoms. The fourth-order valence-corrected chi connectivity index (χ4v) is 0. The Morgan fingerprint density at radius 2 is 1.60 bits per heavy atom. The first-order valence-electron chi connectivity index (χ1n) is 1.03. The molecule has 0 rings (SSSR count). The summed E-state index contributed by atoms with van der Waals surface area (Å²) < 4.78 is 0. The minimum atomic E-state index is -1.81. The number of aliphatic hydroxyl groups is 3. The van der Waals surface area contributed by atoms with Crippen molar-refractivity contribution in [1.82, 2.24) is 0 Å². The first kappa shape index (κ1) is 4.88. The van der Waals surface area contributed by atoms with E-state index in [0.717, 1.165) is 6.61 Å². The lowest BCUT2D eigenvalue weighted by Crippen LogP contribution is -2.02. The average Bonchev–Trinajstić information content (AvgIpc) is 1.38. The summed E-state index contributed by atoms with van der Waals surface area (Å²) in [5.41, 5.74) is 0.